The van der Waals surface area contributed by atoms with Crippen LogP contribution in [0.3, 0.4) is 0 Å². The van der Waals surface area contributed by atoms with E-state index in [1.807, 2.05) is 0 Å². The molecule has 0 spiro atoms. The molecule has 0 aliphatic heterocycles. The molecule has 1 fully saturated rings. The maximum absolute atomic E-state index is 12.2. The maximum Gasteiger partial charge on any atom is 0.419 e. The highest BCUT2D eigenvalue weighted by atomic mass is 35.5. The molecule has 1 aliphatic rings. The van der Waals surface area contributed by atoms with Crippen molar-refractivity contribution >= 4 is 28.6 Å². The number of nitrogens with one attached hydrogen (secondary N) is 1. The summed E-state index contributed by atoms with van der Waals surface area (Å²) in [5.74, 6) is 0.117. The number of fused-ring (bicyclic) bond motifs is 1. The van der Waals surface area contributed by atoms with Gasteiger partial charge >= 0.3 is 5.76 Å². The minimum Gasteiger partial charge on any atom is -0.408 e. The minimum absolute atomic E-state index is 0.0164. The van der Waals surface area contributed by atoms with Crippen molar-refractivity contribution in [1.82, 2.24) is 9.88 Å². The summed E-state index contributed by atoms with van der Waals surface area (Å²) in [7, 11) is 0. The maximum atomic E-state index is 12.2. The minimum atomic E-state index is -0.454. The first-order valence-electron chi connectivity index (χ1n) is 9.19. The Labute approximate surface area is 152 Å². The van der Waals surface area contributed by atoms with E-state index >= 15 is 0 Å². The average Bonchev–Trinajstić information content (AvgIpc) is 2.86. The molecule has 0 radical (unpaired) electrons. The molecule has 5 nitrogen and oxygen atoms in total. The molecule has 6 heteroatoms. The largest absolute Gasteiger partial charge is 0.419 e. The number of aryl methyl sites for hydroxylation is 1. The Morgan fingerprint density at radius 1 is 1.20 bits per heavy atom. The fourth-order valence-electron chi connectivity index (χ4n) is 3.56. The average molecular weight is 365 g/mol. The normalized spacial score (nSPS) is 16.5. The zero-order valence-electron chi connectivity index (χ0n) is 14.4. The van der Waals surface area contributed by atoms with Gasteiger partial charge in [-0.2, -0.15) is 0 Å². The molecule has 0 atom stereocenters. The summed E-state index contributed by atoms with van der Waals surface area (Å²) in [6.45, 7) is 1.06. The molecule has 25 heavy (non-hydrogen) atoms. The van der Waals surface area contributed by atoms with Gasteiger partial charge in [0.25, 0.3) is 0 Å². The highest BCUT2D eigenvalue weighted by Crippen LogP contribution is 2.22. The zero-order valence-corrected chi connectivity index (χ0v) is 15.2. The van der Waals surface area contributed by atoms with E-state index in [9.17, 15) is 9.59 Å². The Morgan fingerprint density at radius 2 is 1.92 bits per heavy atom. The molecule has 1 aromatic carbocycles. The quantitative estimate of drug-likeness (QED) is 0.868. The van der Waals surface area contributed by atoms with Crippen molar-refractivity contribution in [3.05, 3.63) is 33.8 Å². The molecule has 1 amide bonds. The molecular weight excluding hydrogens is 340 g/mol. The third-order valence-electron chi connectivity index (χ3n) is 5.01. The van der Waals surface area contributed by atoms with Crippen LogP contribution in [0.4, 0.5) is 0 Å². The molecule has 136 valence electrons. The number of carbonyl (C=O) groups is 1. The number of hydrogen-bond acceptors (Lipinski definition) is 3. The molecule has 1 N–H and O–H groups in total. The van der Waals surface area contributed by atoms with Crippen LogP contribution in [0.15, 0.2) is 27.4 Å². The van der Waals surface area contributed by atoms with Gasteiger partial charge in [0.15, 0.2) is 5.58 Å². The molecule has 1 aromatic heterocycles. The first kappa shape index (κ1) is 18.1. The monoisotopic (exact) mass is 364 g/mol. The number of halogens is 1. The number of carbonyl (C=O) groups excluding carboxylic acids is 1. The van der Waals surface area contributed by atoms with Crippen molar-refractivity contribution in [2.45, 2.75) is 57.9 Å². The number of hydrogen-bond donors (Lipinski definition) is 1. The molecule has 1 saturated carbocycles. The van der Waals surface area contributed by atoms with Crippen LogP contribution in [0.1, 0.15) is 51.4 Å². The highest BCUT2D eigenvalue weighted by molar-refractivity contribution is 6.31. The van der Waals surface area contributed by atoms with Crippen LogP contribution in [0, 0.1) is 5.92 Å². The summed E-state index contributed by atoms with van der Waals surface area (Å²) in [6, 6.07) is 5.07. The van der Waals surface area contributed by atoms with Crippen molar-refractivity contribution in [1.29, 1.82) is 0 Å². The third-order valence-corrected chi connectivity index (χ3v) is 5.24. The van der Waals surface area contributed by atoms with Gasteiger partial charge in [0, 0.05) is 30.6 Å². The van der Waals surface area contributed by atoms with Crippen molar-refractivity contribution in [3.63, 3.8) is 0 Å². The van der Waals surface area contributed by atoms with Crippen LogP contribution in [0.5, 0.6) is 0 Å². The van der Waals surface area contributed by atoms with Crippen LogP contribution in [0.25, 0.3) is 11.1 Å². The smallest absolute Gasteiger partial charge is 0.408 e. The predicted octanol–water partition coefficient (Wildman–Crippen LogP) is 4.11. The number of amides is 1. The van der Waals surface area contributed by atoms with Crippen molar-refractivity contribution in [2.75, 3.05) is 6.54 Å². The first-order chi connectivity index (χ1) is 12.1. The molecule has 0 saturated heterocycles. The van der Waals surface area contributed by atoms with Crippen molar-refractivity contribution < 1.29 is 9.21 Å². The van der Waals surface area contributed by atoms with E-state index in [-0.39, 0.29) is 12.3 Å². The SMILES string of the molecule is O=C(CCn1c(=O)oc2cc(Cl)ccc21)NCC1CCCCCCC1. The summed E-state index contributed by atoms with van der Waals surface area (Å²) in [5.41, 5.74) is 1.12. The Kier molecular flexibility index (Phi) is 6.19. The van der Waals surface area contributed by atoms with E-state index in [2.05, 4.69) is 5.32 Å². The van der Waals surface area contributed by atoms with Gasteiger partial charge in [-0.3, -0.25) is 9.36 Å². The van der Waals surface area contributed by atoms with Gasteiger partial charge in [0.1, 0.15) is 0 Å². The van der Waals surface area contributed by atoms with Crippen LogP contribution in [0.2, 0.25) is 5.02 Å². The lowest BCUT2D eigenvalue weighted by Gasteiger charge is -2.20. The molecule has 0 unspecified atom stereocenters. The van der Waals surface area contributed by atoms with Gasteiger partial charge < -0.3 is 9.73 Å². The lowest BCUT2D eigenvalue weighted by molar-refractivity contribution is -0.121. The Morgan fingerprint density at radius 3 is 2.68 bits per heavy atom. The van der Waals surface area contributed by atoms with Gasteiger partial charge in [0.2, 0.25) is 5.91 Å². The lowest BCUT2D eigenvalue weighted by Crippen LogP contribution is -2.31. The van der Waals surface area contributed by atoms with Gasteiger partial charge in [-0.1, -0.05) is 43.7 Å². The van der Waals surface area contributed by atoms with Crippen LogP contribution in [-0.4, -0.2) is 17.0 Å². The summed E-state index contributed by atoms with van der Waals surface area (Å²) in [6.07, 6.45) is 9.16. The molecule has 1 heterocycles. The Bertz CT molecular complexity index is 773. The number of aromatic nitrogens is 1. The number of oxazole rings is 1. The van der Waals surface area contributed by atoms with Crippen molar-refractivity contribution in [2.24, 2.45) is 5.92 Å². The van der Waals surface area contributed by atoms with E-state index in [1.54, 1.807) is 18.2 Å². The van der Waals surface area contributed by atoms with Crippen LogP contribution >= 0.6 is 11.6 Å². The molecule has 3 rings (SSSR count). The third kappa shape index (κ3) is 4.88. The van der Waals surface area contributed by atoms with E-state index in [0.29, 0.717) is 28.6 Å². The molecule has 1 aliphatic carbocycles. The summed E-state index contributed by atoms with van der Waals surface area (Å²) in [4.78, 5) is 24.1. The molecular formula is C19H25ClN2O3. The Hall–Kier alpha value is -1.75. The standard InChI is InChI=1S/C19H25ClN2O3/c20-15-8-9-16-17(12-15)25-19(24)22(16)11-10-18(23)21-13-14-6-4-2-1-3-5-7-14/h8-9,12,14H,1-7,10-11,13H2,(H,21,23). The molecule has 2 aromatic rings. The topological polar surface area (TPSA) is 64.2 Å². The van der Waals surface area contributed by atoms with Gasteiger partial charge in [-0.05, 0) is 30.9 Å². The highest BCUT2D eigenvalue weighted by Gasteiger charge is 2.14. The van der Waals surface area contributed by atoms with Gasteiger partial charge in [0.05, 0.1) is 5.52 Å². The Balaban J connectivity index is 1.52. The van der Waals surface area contributed by atoms with Gasteiger partial charge in [-0.25, -0.2) is 4.79 Å². The van der Waals surface area contributed by atoms with Crippen LogP contribution < -0.4 is 11.1 Å². The van der Waals surface area contributed by atoms with Crippen molar-refractivity contribution in [3.8, 4) is 0 Å². The molecule has 0 bridgehead atoms. The van der Waals surface area contributed by atoms with Crippen LogP contribution in [-0.2, 0) is 11.3 Å². The fourth-order valence-corrected chi connectivity index (χ4v) is 3.72. The zero-order chi connectivity index (χ0) is 17.6. The summed E-state index contributed by atoms with van der Waals surface area (Å²) < 4.78 is 6.67. The van der Waals surface area contributed by atoms with Gasteiger partial charge in [-0.15, -0.1) is 0 Å². The van der Waals surface area contributed by atoms with E-state index in [1.165, 1.54) is 49.5 Å². The number of benzene rings is 1. The second kappa shape index (κ2) is 8.56. The first-order valence-corrected chi connectivity index (χ1v) is 9.57. The number of nitrogens with zero attached hydrogens (tertiary/aromatic N) is 1. The second-order valence-corrected chi connectivity index (χ2v) is 7.33. The van der Waals surface area contributed by atoms with E-state index < -0.39 is 5.76 Å². The number of rotatable bonds is 5. The fraction of sp³-hybridized carbons (Fsp3) is 0.579. The van der Waals surface area contributed by atoms with E-state index in [0.717, 1.165) is 6.54 Å². The van der Waals surface area contributed by atoms with E-state index in [4.69, 9.17) is 16.0 Å². The second-order valence-electron chi connectivity index (χ2n) is 6.90. The summed E-state index contributed by atoms with van der Waals surface area (Å²) >= 11 is 5.91. The predicted molar refractivity (Wildman–Crippen MR) is 98.9 cm³/mol. The summed E-state index contributed by atoms with van der Waals surface area (Å²) in [5, 5.41) is 3.55. The lowest BCUT2D eigenvalue weighted by atomic mass is 9.91.